The second-order valence-electron chi connectivity index (χ2n) is 4.93. The van der Waals surface area contributed by atoms with Crippen LogP contribution in [0.5, 0.6) is 17.2 Å². The lowest BCUT2D eigenvalue weighted by molar-refractivity contribution is 0.0916. The Morgan fingerprint density at radius 1 is 1.00 bits per heavy atom. The first-order valence-electron chi connectivity index (χ1n) is 6.71. The van der Waals surface area contributed by atoms with Crippen LogP contribution in [0.2, 0.25) is 0 Å². The molecular weight excluding hydrogens is 286 g/mol. The number of carbonyl (C=O) groups excluding carboxylic acids is 1. The highest BCUT2D eigenvalue weighted by Crippen LogP contribution is 2.25. The molecule has 0 bridgehead atoms. The number of nitrogens with one attached hydrogen (secondary N) is 1. The summed E-state index contributed by atoms with van der Waals surface area (Å²) in [5.74, 6) is -0.784. The molecule has 0 aromatic heterocycles. The van der Waals surface area contributed by atoms with Crippen molar-refractivity contribution in [3.8, 4) is 17.2 Å². The van der Waals surface area contributed by atoms with Gasteiger partial charge in [-0.25, -0.2) is 0 Å². The van der Waals surface area contributed by atoms with Crippen LogP contribution < -0.4 is 5.32 Å². The van der Waals surface area contributed by atoms with Gasteiger partial charge in [0, 0.05) is 5.56 Å². The molecule has 0 aliphatic heterocycles. The molecule has 0 radical (unpaired) electrons. The Hall–Kier alpha value is -2.73. The van der Waals surface area contributed by atoms with Gasteiger partial charge < -0.3 is 25.7 Å². The van der Waals surface area contributed by atoms with Gasteiger partial charge in [0.2, 0.25) is 0 Å². The first kappa shape index (κ1) is 15.7. The fourth-order valence-electron chi connectivity index (χ4n) is 2.02. The topological polar surface area (TPSA) is 110 Å². The van der Waals surface area contributed by atoms with E-state index in [1.165, 1.54) is 36.4 Å². The Labute approximate surface area is 127 Å². The van der Waals surface area contributed by atoms with Gasteiger partial charge in [-0.15, -0.1) is 0 Å². The van der Waals surface area contributed by atoms with E-state index in [0.29, 0.717) is 17.5 Å². The Bertz CT molecular complexity index is 654. The molecule has 2 aromatic carbocycles. The van der Waals surface area contributed by atoms with Crippen LogP contribution in [0.1, 0.15) is 15.9 Å². The van der Waals surface area contributed by atoms with E-state index >= 15 is 0 Å². The van der Waals surface area contributed by atoms with Crippen LogP contribution in [0, 0.1) is 0 Å². The summed E-state index contributed by atoms with van der Waals surface area (Å²) in [6, 6.07) is 9.56. The zero-order chi connectivity index (χ0) is 16.1. The number of phenolic OH excluding ortho intramolecular Hbond substituents is 3. The van der Waals surface area contributed by atoms with Crippen molar-refractivity contribution in [2.45, 2.75) is 12.5 Å². The summed E-state index contributed by atoms with van der Waals surface area (Å²) in [6.45, 7) is -0.272. The number of benzene rings is 2. The summed E-state index contributed by atoms with van der Waals surface area (Å²) in [5.41, 5.74) is 1.03. The maximum Gasteiger partial charge on any atom is 0.251 e. The number of aliphatic hydroxyl groups is 1. The molecule has 0 unspecified atom stereocenters. The number of hydrogen-bond acceptors (Lipinski definition) is 5. The van der Waals surface area contributed by atoms with Crippen LogP contribution in [0.3, 0.4) is 0 Å². The van der Waals surface area contributed by atoms with Crippen molar-refractivity contribution < 1.29 is 25.2 Å². The van der Waals surface area contributed by atoms with E-state index in [1.54, 1.807) is 6.07 Å². The Morgan fingerprint density at radius 2 is 1.68 bits per heavy atom. The van der Waals surface area contributed by atoms with E-state index in [9.17, 15) is 25.2 Å². The molecule has 2 rings (SSSR count). The van der Waals surface area contributed by atoms with Crippen LogP contribution in [-0.4, -0.2) is 39.0 Å². The van der Waals surface area contributed by atoms with E-state index in [4.69, 9.17) is 0 Å². The highest BCUT2D eigenvalue weighted by atomic mass is 16.3. The maximum absolute atomic E-state index is 12.0. The highest BCUT2D eigenvalue weighted by molar-refractivity contribution is 5.94. The minimum atomic E-state index is -0.537. The molecule has 0 fully saturated rings. The average Bonchev–Trinajstić information content (AvgIpc) is 2.50. The lowest BCUT2D eigenvalue weighted by atomic mass is 10.1. The van der Waals surface area contributed by atoms with Crippen molar-refractivity contribution in [3.63, 3.8) is 0 Å². The predicted molar refractivity (Wildman–Crippen MR) is 79.9 cm³/mol. The largest absolute Gasteiger partial charge is 0.508 e. The van der Waals surface area contributed by atoms with E-state index in [-0.39, 0.29) is 29.8 Å². The molecular formula is C16H17NO5. The van der Waals surface area contributed by atoms with Gasteiger partial charge in [-0.2, -0.15) is 0 Å². The Morgan fingerprint density at radius 3 is 2.27 bits per heavy atom. The first-order chi connectivity index (χ1) is 10.5. The molecule has 6 heteroatoms. The van der Waals surface area contributed by atoms with Crippen molar-refractivity contribution in [1.82, 2.24) is 5.32 Å². The number of aromatic hydroxyl groups is 3. The fourth-order valence-corrected chi connectivity index (χ4v) is 2.02. The van der Waals surface area contributed by atoms with Gasteiger partial charge in [-0.05, 0) is 48.4 Å². The third-order valence-corrected chi connectivity index (χ3v) is 3.21. The van der Waals surface area contributed by atoms with Gasteiger partial charge >= 0.3 is 0 Å². The molecule has 0 spiro atoms. The normalized spacial score (nSPS) is 11.9. The number of phenols is 3. The molecule has 0 saturated heterocycles. The van der Waals surface area contributed by atoms with Gasteiger partial charge in [-0.3, -0.25) is 4.79 Å². The van der Waals surface area contributed by atoms with Crippen molar-refractivity contribution in [2.75, 3.05) is 6.61 Å². The van der Waals surface area contributed by atoms with Crippen molar-refractivity contribution in [3.05, 3.63) is 53.6 Å². The summed E-state index contributed by atoms with van der Waals surface area (Å²) >= 11 is 0. The fraction of sp³-hybridized carbons (Fsp3) is 0.188. The van der Waals surface area contributed by atoms with E-state index in [2.05, 4.69) is 5.32 Å². The summed E-state index contributed by atoms with van der Waals surface area (Å²) < 4.78 is 0. The van der Waals surface area contributed by atoms with E-state index in [0.717, 1.165) is 0 Å². The van der Waals surface area contributed by atoms with Gasteiger partial charge in [0.05, 0.1) is 12.6 Å². The summed E-state index contributed by atoms with van der Waals surface area (Å²) in [6.07, 6.45) is 0.300. The molecule has 0 saturated carbocycles. The zero-order valence-electron chi connectivity index (χ0n) is 11.7. The van der Waals surface area contributed by atoms with Crippen LogP contribution >= 0.6 is 0 Å². The second-order valence-corrected chi connectivity index (χ2v) is 4.93. The molecule has 116 valence electrons. The maximum atomic E-state index is 12.0. The SMILES string of the molecule is O=C(N[C@H](CO)Cc1ccc(O)c(O)c1)c1ccc(O)cc1. The highest BCUT2D eigenvalue weighted by Gasteiger charge is 2.14. The second kappa shape index (κ2) is 6.82. The third-order valence-electron chi connectivity index (χ3n) is 3.21. The first-order valence-corrected chi connectivity index (χ1v) is 6.71. The predicted octanol–water partition coefficient (Wildman–Crippen LogP) is 1.14. The third kappa shape index (κ3) is 3.89. The average molecular weight is 303 g/mol. The molecule has 1 amide bonds. The van der Waals surface area contributed by atoms with Crippen LogP contribution in [0.25, 0.3) is 0 Å². The molecule has 0 aliphatic rings. The minimum Gasteiger partial charge on any atom is -0.508 e. The smallest absolute Gasteiger partial charge is 0.251 e. The van der Waals surface area contributed by atoms with Crippen LogP contribution in [0.4, 0.5) is 0 Å². The summed E-state index contributed by atoms with van der Waals surface area (Å²) in [5, 5.41) is 40.0. The molecule has 0 heterocycles. The zero-order valence-corrected chi connectivity index (χ0v) is 11.7. The monoisotopic (exact) mass is 303 g/mol. The lowest BCUT2D eigenvalue weighted by Crippen LogP contribution is -2.39. The van der Waals surface area contributed by atoms with Crippen LogP contribution in [-0.2, 0) is 6.42 Å². The standard InChI is InChI=1S/C16H17NO5/c18-9-12(7-10-1-6-14(20)15(21)8-10)17-16(22)11-2-4-13(19)5-3-11/h1-6,8,12,18-21H,7,9H2,(H,17,22)/t12-/m0/s1. The molecule has 1 atom stereocenters. The Kier molecular flexibility index (Phi) is 4.85. The summed E-state index contributed by atoms with van der Waals surface area (Å²) in [4.78, 5) is 12.0. The minimum absolute atomic E-state index is 0.0647. The van der Waals surface area contributed by atoms with Crippen molar-refractivity contribution in [2.24, 2.45) is 0 Å². The number of amides is 1. The molecule has 22 heavy (non-hydrogen) atoms. The lowest BCUT2D eigenvalue weighted by Gasteiger charge is -2.17. The number of carbonyl (C=O) groups is 1. The van der Waals surface area contributed by atoms with E-state index in [1.807, 2.05) is 0 Å². The van der Waals surface area contributed by atoms with Gasteiger partial charge in [0.15, 0.2) is 11.5 Å². The molecule has 5 N–H and O–H groups in total. The van der Waals surface area contributed by atoms with Gasteiger partial charge in [-0.1, -0.05) is 6.07 Å². The van der Waals surface area contributed by atoms with Crippen molar-refractivity contribution >= 4 is 5.91 Å². The van der Waals surface area contributed by atoms with E-state index < -0.39 is 6.04 Å². The molecule has 6 nitrogen and oxygen atoms in total. The molecule has 0 aliphatic carbocycles. The van der Waals surface area contributed by atoms with Crippen molar-refractivity contribution in [1.29, 1.82) is 0 Å². The Balaban J connectivity index is 2.03. The number of hydrogen-bond donors (Lipinski definition) is 5. The number of aliphatic hydroxyl groups excluding tert-OH is 1. The quantitative estimate of drug-likeness (QED) is 0.532. The van der Waals surface area contributed by atoms with Gasteiger partial charge in [0.1, 0.15) is 5.75 Å². The molecule has 2 aromatic rings. The van der Waals surface area contributed by atoms with Crippen LogP contribution in [0.15, 0.2) is 42.5 Å². The summed E-state index contributed by atoms with van der Waals surface area (Å²) in [7, 11) is 0. The number of rotatable bonds is 5. The van der Waals surface area contributed by atoms with Gasteiger partial charge in [0.25, 0.3) is 5.91 Å².